The van der Waals surface area contributed by atoms with Gasteiger partial charge in [0.1, 0.15) is 17.6 Å². The number of aliphatic hydroxyl groups excluding tert-OH is 1. The van der Waals surface area contributed by atoms with Crippen LogP contribution in [0.2, 0.25) is 5.02 Å². The molecule has 1 atom stereocenters. The molecular formula is C27H33ClN2O5. The molecule has 0 spiro atoms. The number of halogens is 1. The van der Waals surface area contributed by atoms with Crippen LogP contribution >= 0.6 is 11.6 Å². The van der Waals surface area contributed by atoms with E-state index in [-0.39, 0.29) is 18.1 Å². The molecule has 0 bridgehead atoms. The lowest BCUT2D eigenvalue weighted by atomic mass is 9.92. The predicted octanol–water partition coefficient (Wildman–Crippen LogP) is 5.24. The Hall–Kier alpha value is -2.79. The molecule has 1 aliphatic carbocycles. The largest absolute Gasteiger partial charge is 0.494 e. The lowest BCUT2D eigenvalue weighted by Gasteiger charge is -2.29. The molecule has 1 unspecified atom stereocenters. The number of hydrogen-bond acceptors (Lipinski definition) is 6. The number of methoxy groups -OCH3 is 1. The van der Waals surface area contributed by atoms with E-state index in [4.69, 9.17) is 31.1 Å². The predicted molar refractivity (Wildman–Crippen MR) is 134 cm³/mol. The Kier molecular flexibility index (Phi) is 10.7. The van der Waals surface area contributed by atoms with Gasteiger partial charge in [-0.15, -0.1) is 0 Å². The van der Waals surface area contributed by atoms with Crippen LogP contribution in [0.25, 0.3) is 0 Å². The number of aliphatic hydroxyl groups is 1. The molecule has 0 aliphatic heterocycles. The molecule has 1 saturated carbocycles. The third kappa shape index (κ3) is 8.74. The van der Waals surface area contributed by atoms with Gasteiger partial charge in [0.15, 0.2) is 6.29 Å². The van der Waals surface area contributed by atoms with E-state index < -0.39 is 6.29 Å². The Labute approximate surface area is 211 Å². The van der Waals surface area contributed by atoms with Gasteiger partial charge in [-0.25, -0.2) is 0 Å². The first-order chi connectivity index (χ1) is 17.0. The van der Waals surface area contributed by atoms with Gasteiger partial charge in [0.25, 0.3) is 5.91 Å². The van der Waals surface area contributed by atoms with Crippen molar-refractivity contribution >= 4 is 17.5 Å². The summed E-state index contributed by atoms with van der Waals surface area (Å²) in [6.07, 6.45) is 6.07. The fourth-order valence-electron chi connectivity index (χ4n) is 4.05. The van der Waals surface area contributed by atoms with E-state index >= 15 is 0 Å². The van der Waals surface area contributed by atoms with E-state index in [0.717, 1.165) is 50.7 Å². The maximum atomic E-state index is 12.7. The SMILES string of the molecule is COC(O)CCCCCOc1ccc(C(=O)N[C@H]2CC[C@H](Oc3ccc(C#N)c(Cl)c3)CC2)cc1. The highest BCUT2D eigenvalue weighted by atomic mass is 35.5. The summed E-state index contributed by atoms with van der Waals surface area (Å²) in [6.45, 7) is 0.592. The Morgan fingerprint density at radius 2 is 1.83 bits per heavy atom. The van der Waals surface area contributed by atoms with E-state index in [0.29, 0.717) is 34.9 Å². The van der Waals surface area contributed by atoms with E-state index in [9.17, 15) is 9.90 Å². The number of ether oxygens (including phenoxy) is 3. The summed E-state index contributed by atoms with van der Waals surface area (Å²) in [5.74, 6) is 1.31. The molecule has 8 heteroatoms. The van der Waals surface area contributed by atoms with Crippen molar-refractivity contribution in [3.8, 4) is 17.6 Å². The van der Waals surface area contributed by atoms with Crippen LogP contribution in [0.4, 0.5) is 0 Å². The van der Waals surface area contributed by atoms with Crippen molar-refractivity contribution in [1.29, 1.82) is 5.26 Å². The topological polar surface area (TPSA) is 101 Å². The molecule has 1 aliphatic rings. The summed E-state index contributed by atoms with van der Waals surface area (Å²) in [6, 6.07) is 14.4. The van der Waals surface area contributed by atoms with Crippen LogP contribution in [0.5, 0.6) is 11.5 Å². The van der Waals surface area contributed by atoms with Crippen molar-refractivity contribution in [3.63, 3.8) is 0 Å². The average Bonchev–Trinajstić information content (AvgIpc) is 2.87. The van der Waals surface area contributed by atoms with Gasteiger partial charge in [-0.2, -0.15) is 5.26 Å². The highest BCUT2D eigenvalue weighted by Crippen LogP contribution is 2.27. The molecule has 2 aromatic rings. The first-order valence-electron chi connectivity index (χ1n) is 12.1. The standard InChI is InChI=1S/C27H33ClN2O5/c1-33-26(31)5-3-2-4-16-34-22-11-6-19(7-12-22)27(32)30-21-9-14-23(15-10-21)35-24-13-8-20(18-29)25(28)17-24/h6-8,11-13,17,21,23,26,31H,2-5,9-10,14-16H2,1H3,(H,30,32)/t21-,23-,26?. The van der Waals surface area contributed by atoms with Gasteiger partial charge in [-0.1, -0.05) is 11.6 Å². The summed E-state index contributed by atoms with van der Waals surface area (Å²) >= 11 is 6.08. The number of nitriles is 1. The number of unbranched alkanes of at least 4 members (excludes halogenated alkanes) is 2. The van der Waals surface area contributed by atoms with Gasteiger partial charge in [0.05, 0.1) is 23.3 Å². The number of rotatable bonds is 12. The number of carbonyl (C=O) groups is 1. The van der Waals surface area contributed by atoms with Gasteiger partial charge in [0, 0.05) is 24.8 Å². The molecular weight excluding hydrogens is 468 g/mol. The lowest BCUT2D eigenvalue weighted by Crippen LogP contribution is -2.39. The normalized spacial score (nSPS) is 18.3. The number of amides is 1. The minimum atomic E-state index is -0.688. The first kappa shape index (κ1) is 26.8. The number of benzene rings is 2. The zero-order valence-corrected chi connectivity index (χ0v) is 20.8. The van der Waals surface area contributed by atoms with Crippen molar-refractivity contribution in [2.24, 2.45) is 0 Å². The molecule has 2 aromatic carbocycles. The number of nitrogens with one attached hydrogen (secondary N) is 1. The highest BCUT2D eigenvalue weighted by molar-refractivity contribution is 6.31. The summed E-state index contributed by atoms with van der Waals surface area (Å²) in [7, 11) is 1.50. The molecule has 0 radical (unpaired) electrons. The van der Waals surface area contributed by atoms with Gasteiger partial charge in [0.2, 0.25) is 0 Å². The third-order valence-electron chi connectivity index (χ3n) is 6.13. The maximum Gasteiger partial charge on any atom is 0.251 e. The summed E-state index contributed by atoms with van der Waals surface area (Å²) in [5, 5.41) is 21.8. The van der Waals surface area contributed by atoms with Crippen LogP contribution in [0.15, 0.2) is 42.5 Å². The maximum absolute atomic E-state index is 12.7. The van der Waals surface area contributed by atoms with Crippen LogP contribution in [0, 0.1) is 11.3 Å². The number of carbonyl (C=O) groups excluding carboxylic acids is 1. The third-order valence-corrected chi connectivity index (χ3v) is 6.44. The molecule has 0 heterocycles. The van der Waals surface area contributed by atoms with Crippen LogP contribution in [-0.2, 0) is 4.74 Å². The molecule has 0 saturated heterocycles. The number of hydrogen-bond donors (Lipinski definition) is 2. The Balaban J connectivity index is 1.35. The fourth-order valence-corrected chi connectivity index (χ4v) is 4.27. The number of nitrogens with zero attached hydrogens (tertiary/aromatic N) is 1. The van der Waals surface area contributed by atoms with Gasteiger partial charge < -0.3 is 24.6 Å². The molecule has 3 rings (SSSR count). The monoisotopic (exact) mass is 500 g/mol. The smallest absolute Gasteiger partial charge is 0.251 e. The van der Waals surface area contributed by atoms with Crippen LogP contribution in [-0.4, -0.2) is 43.2 Å². The zero-order valence-electron chi connectivity index (χ0n) is 20.0. The minimum Gasteiger partial charge on any atom is -0.494 e. The molecule has 1 fully saturated rings. The van der Waals surface area contributed by atoms with E-state index in [1.54, 1.807) is 30.3 Å². The summed E-state index contributed by atoms with van der Waals surface area (Å²) < 4.78 is 16.6. The molecule has 188 valence electrons. The van der Waals surface area contributed by atoms with Gasteiger partial charge >= 0.3 is 0 Å². The molecule has 7 nitrogen and oxygen atoms in total. The van der Waals surface area contributed by atoms with E-state index in [1.165, 1.54) is 7.11 Å². The Morgan fingerprint density at radius 3 is 2.49 bits per heavy atom. The van der Waals surface area contributed by atoms with Crippen LogP contribution < -0.4 is 14.8 Å². The Morgan fingerprint density at radius 1 is 1.11 bits per heavy atom. The quantitative estimate of drug-likeness (QED) is 0.305. The van der Waals surface area contributed by atoms with Crippen molar-refractivity contribution in [2.75, 3.05) is 13.7 Å². The van der Waals surface area contributed by atoms with Gasteiger partial charge in [-0.3, -0.25) is 4.79 Å². The zero-order chi connectivity index (χ0) is 25.0. The fraction of sp³-hybridized carbons (Fsp3) is 0.481. The van der Waals surface area contributed by atoms with Crippen molar-refractivity contribution in [3.05, 3.63) is 58.6 Å². The first-order valence-corrected chi connectivity index (χ1v) is 12.5. The van der Waals surface area contributed by atoms with Crippen molar-refractivity contribution < 1.29 is 24.1 Å². The van der Waals surface area contributed by atoms with E-state index in [1.807, 2.05) is 18.2 Å². The molecule has 1 amide bonds. The van der Waals surface area contributed by atoms with Gasteiger partial charge in [-0.05, 0) is 87.8 Å². The van der Waals surface area contributed by atoms with E-state index in [2.05, 4.69) is 5.32 Å². The molecule has 2 N–H and O–H groups in total. The second-order valence-corrected chi connectivity index (χ2v) is 9.14. The lowest BCUT2D eigenvalue weighted by molar-refractivity contribution is -0.0793. The van der Waals surface area contributed by atoms with Crippen LogP contribution in [0.3, 0.4) is 0 Å². The van der Waals surface area contributed by atoms with Crippen molar-refractivity contribution in [2.45, 2.75) is 69.8 Å². The molecule has 35 heavy (non-hydrogen) atoms. The second kappa shape index (κ2) is 13.9. The summed E-state index contributed by atoms with van der Waals surface area (Å²) in [5.41, 5.74) is 1.04. The second-order valence-electron chi connectivity index (χ2n) is 8.73. The van der Waals surface area contributed by atoms with Crippen LogP contribution in [0.1, 0.15) is 67.3 Å². The highest BCUT2D eigenvalue weighted by Gasteiger charge is 2.24. The van der Waals surface area contributed by atoms with Crippen molar-refractivity contribution in [1.82, 2.24) is 5.32 Å². The summed E-state index contributed by atoms with van der Waals surface area (Å²) in [4.78, 5) is 12.7. The Bertz CT molecular complexity index is 984. The minimum absolute atomic E-state index is 0.0635. The molecule has 0 aromatic heterocycles. The average molecular weight is 501 g/mol.